The number of ether oxygens (including phenoxy) is 1. The van der Waals surface area contributed by atoms with Crippen LogP contribution in [-0.2, 0) is 22.6 Å². The Hall–Kier alpha value is -3.02. The van der Waals surface area contributed by atoms with E-state index in [0.717, 1.165) is 35.1 Å². The number of rotatable bonds is 12. The van der Waals surface area contributed by atoms with Crippen molar-refractivity contribution in [3.05, 3.63) is 99.0 Å². The quantitative estimate of drug-likeness (QED) is 0.265. The second-order valence-electron chi connectivity index (χ2n) is 9.18. The standard InChI is InChI=1S/C30H34Cl2N2O3/c1-4-5-15-33-30(36)27(18-23-9-7-6-8-10-23)34(19-24-12-13-25(31)26(32)17-24)29(35)20-37-28-14-11-21(2)16-22(28)3/h6-14,16-17,27H,4-5,15,18-20H2,1-3H3,(H,33,36)/t27-/m0/s1. The van der Waals surface area contributed by atoms with Gasteiger partial charge in [-0.25, -0.2) is 0 Å². The van der Waals surface area contributed by atoms with Crippen LogP contribution in [0.5, 0.6) is 5.75 Å². The molecule has 0 bridgehead atoms. The Labute approximate surface area is 229 Å². The van der Waals surface area contributed by atoms with Crippen LogP contribution in [0.4, 0.5) is 0 Å². The van der Waals surface area contributed by atoms with Crippen LogP contribution in [-0.4, -0.2) is 35.9 Å². The maximum Gasteiger partial charge on any atom is 0.261 e. The van der Waals surface area contributed by atoms with Crippen LogP contribution >= 0.6 is 23.2 Å². The molecule has 0 saturated carbocycles. The van der Waals surface area contributed by atoms with Crippen molar-refractivity contribution in [1.82, 2.24) is 10.2 Å². The van der Waals surface area contributed by atoms with Gasteiger partial charge in [0, 0.05) is 19.5 Å². The molecule has 7 heteroatoms. The van der Waals surface area contributed by atoms with Crippen molar-refractivity contribution in [2.75, 3.05) is 13.2 Å². The lowest BCUT2D eigenvalue weighted by atomic mass is 10.0. The Morgan fingerprint density at radius 3 is 2.38 bits per heavy atom. The first kappa shape index (κ1) is 28.5. The second kappa shape index (κ2) is 14.1. The van der Waals surface area contributed by atoms with E-state index in [1.807, 2.05) is 68.4 Å². The van der Waals surface area contributed by atoms with Gasteiger partial charge < -0.3 is 15.0 Å². The molecule has 0 radical (unpaired) electrons. The minimum absolute atomic E-state index is 0.185. The molecular formula is C30H34Cl2N2O3. The van der Waals surface area contributed by atoms with Crippen LogP contribution in [0.1, 0.15) is 42.0 Å². The van der Waals surface area contributed by atoms with E-state index in [-0.39, 0.29) is 25.0 Å². The van der Waals surface area contributed by atoms with Gasteiger partial charge in [-0.1, -0.05) is 90.6 Å². The highest BCUT2D eigenvalue weighted by Crippen LogP contribution is 2.25. The summed E-state index contributed by atoms with van der Waals surface area (Å²) >= 11 is 12.4. The Balaban J connectivity index is 1.92. The molecule has 0 aromatic heterocycles. The molecular weight excluding hydrogens is 507 g/mol. The molecule has 5 nitrogen and oxygen atoms in total. The van der Waals surface area contributed by atoms with E-state index in [9.17, 15) is 9.59 Å². The van der Waals surface area contributed by atoms with Gasteiger partial charge in [0.25, 0.3) is 5.91 Å². The third-order valence-corrected chi connectivity index (χ3v) is 6.86. The number of nitrogens with zero attached hydrogens (tertiary/aromatic N) is 1. The number of aryl methyl sites for hydroxylation is 2. The smallest absolute Gasteiger partial charge is 0.261 e. The Morgan fingerprint density at radius 2 is 1.70 bits per heavy atom. The lowest BCUT2D eigenvalue weighted by Gasteiger charge is -2.31. The van der Waals surface area contributed by atoms with Crippen molar-refractivity contribution in [1.29, 1.82) is 0 Å². The molecule has 0 fully saturated rings. The van der Waals surface area contributed by atoms with E-state index in [0.29, 0.717) is 28.8 Å². The number of hydrogen-bond acceptors (Lipinski definition) is 3. The molecule has 0 saturated heterocycles. The van der Waals surface area contributed by atoms with Crippen molar-refractivity contribution in [3.8, 4) is 5.75 Å². The number of unbranched alkanes of at least 4 members (excludes halogenated alkanes) is 1. The summed E-state index contributed by atoms with van der Waals surface area (Å²) in [6.45, 7) is 6.56. The number of nitrogens with one attached hydrogen (secondary N) is 1. The first-order chi connectivity index (χ1) is 17.8. The minimum atomic E-state index is -0.732. The van der Waals surface area contributed by atoms with Crippen LogP contribution in [0.15, 0.2) is 66.7 Å². The fourth-order valence-electron chi connectivity index (χ4n) is 4.08. The number of hydrogen-bond donors (Lipinski definition) is 1. The molecule has 0 heterocycles. The van der Waals surface area contributed by atoms with Crippen LogP contribution in [0.2, 0.25) is 10.0 Å². The molecule has 0 aliphatic carbocycles. The molecule has 3 aromatic rings. The van der Waals surface area contributed by atoms with Crippen molar-refractivity contribution in [2.24, 2.45) is 0 Å². The van der Waals surface area contributed by atoms with E-state index < -0.39 is 6.04 Å². The first-order valence-electron chi connectivity index (χ1n) is 12.5. The monoisotopic (exact) mass is 540 g/mol. The van der Waals surface area contributed by atoms with E-state index in [1.54, 1.807) is 17.0 Å². The van der Waals surface area contributed by atoms with E-state index in [1.165, 1.54) is 0 Å². The number of benzene rings is 3. The molecule has 3 aromatic carbocycles. The lowest BCUT2D eigenvalue weighted by molar-refractivity contribution is -0.142. The lowest BCUT2D eigenvalue weighted by Crippen LogP contribution is -2.51. The van der Waals surface area contributed by atoms with Gasteiger partial charge in [0.1, 0.15) is 11.8 Å². The van der Waals surface area contributed by atoms with Gasteiger partial charge in [-0.3, -0.25) is 9.59 Å². The molecule has 3 rings (SSSR count). The van der Waals surface area contributed by atoms with Crippen LogP contribution in [0.3, 0.4) is 0 Å². The Kier molecular flexibility index (Phi) is 10.8. The topological polar surface area (TPSA) is 58.6 Å². The maximum atomic E-state index is 13.7. The fraction of sp³-hybridized carbons (Fsp3) is 0.333. The van der Waals surface area contributed by atoms with Gasteiger partial charge in [0.15, 0.2) is 6.61 Å². The normalized spacial score (nSPS) is 11.6. The highest BCUT2D eigenvalue weighted by atomic mass is 35.5. The number of halogens is 2. The Morgan fingerprint density at radius 1 is 0.946 bits per heavy atom. The summed E-state index contributed by atoms with van der Waals surface area (Å²) in [4.78, 5) is 28.7. The van der Waals surface area contributed by atoms with Crippen LogP contribution < -0.4 is 10.1 Å². The predicted molar refractivity (Wildman–Crippen MR) is 150 cm³/mol. The summed E-state index contributed by atoms with van der Waals surface area (Å²) in [6, 6.07) is 20.0. The SMILES string of the molecule is CCCCNC(=O)[C@H](Cc1ccccc1)N(Cc1ccc(Cl)c(Cl)c1)C(=O)COc1ccc(C)cc1C. The number of amides is 2. The van der Waals surface area contributed by atoms with Crippen molar-refractivity contribution in [3.63, 3.8) is 0 Å². The molecule has 0 spiro atoms. The van der Waals surface area contributed by atoms with Gasteiger partial charge in [-0.2, -0.15) is 0 Å². The summed E-state index contributed by atoms with van der Waals surface area (Å²) < 4.78 is 5.92. The fourth-order valence-corrected chi connectivity index (χ4v) is 4.40. The minimum Gasteiger partial charge on any atom is -0.483 e. The van der Waals surface area contributed by atoms with E-state index in [2.05, 4.69) is 12.2 Å². The van der Waals surface area contributed by atoms with Gasteiger partial charge >= 0.3 is 0 Å². The van der Waals surface area contributed by atoms with Crippen molar-refractivity contribution >= 4 is 35.0 Å². The van der Waals surface area contributed by atoms with Gasteiger partial charge in [0.05, 0.1) is 10.0 Å². The van der Waals surface area contributed by atoms with Crippen LogP contribution in [0.25, 0.3) is 0 Å². The average Bonchev–Trinajstić information content (AvgIpc) is 2.88. The molecule has 0 aliphatic heterocycles. The predicted octanol–water partition coefficient (Wildman–Crippen LogP) is 6.55. The third kappa shape index (κ3) is 8.51. The first-order valence-corrected chi connectivity index (χ1v) is 13.3. The average molecular weight is 542 g/mol. The third-order valence-electron chi connectivity index (χ3n) is 6.12. The van der Waals surface area contributed by atoms with Crippen molar-refractivity contribution < 1.29 is 14.3 Å². The number of carbonyl (C=O) groups is 2. The second-order valence-corrected chi connectivity index (χ2v) is 9.99. The highest BCUT2D eigenvalue weighted by molar-refractivity contribution is 6.42. The van der Waals surface area contributed by atoms with E-state index in [4.69, 9.17) is 27.9 Å². The van der Waals surface area contributed by atoms with Crippen LogP contribution in [0, 0.1) is 13.8 Å². The summed E-state index contributed by atoms with van der Waals surface area (Å²) in [5, 5.41) is 3.84. The van der Waals surface area contributed by atoms with Gasteiger partial charge in [-0.15, -0.1) is 0 Å². The summed E-state index contributed by atoms with van der Waals surface area (Å²) in [6.07, 6.45) is 2.19. The van der Waals surface area contributed by atoms with Crippen molar-refractivity contribution in [2.45, 2.75) is 52.6 Å². The zero-order valence-corrected chi connectivity index (χ0v) is 23.1. The van der Waals surface area contributed by atoms with Gasteiger partial charge in [-0.05, 0) is 55.2 Å². The molecule has 0 unspecified atom stereocenters. The van der Waals surface area contributed by atoms with E-state index >= 15 is 0 Å². The van der Waals surface area contributed by atoms with Gasteiger partial charge in [0.2, 0.25) is 5.91 Å². The zero-order valence-electron chi connectivity index (χ0n) is 21.6. The highest BCUT2D eigenvalue weighted by Gasteiger charge is 2.30. The molecule has 1 atom stereocenters. The summed E-state index contributed by atoms with van der Waals surface area (Å²) in [5.41, 5.74) is 3.79. The zero-order chi connectivity index (χ0) is 26.8. The Bertz CT molecular complexity index is 1200. The number of carbonyl (C=O) groups excluding carboxylic acids is 2. The molecule has 0 aliphatic rings. The summed E-state index contributed by atoms with van der Waals surface area (Å²) in [5.74, 6) is 0.148. The molecule has 2 amide bonds. The molecule has 196 valence electrons. The maximum absolute atomic E-state index is 13.7. The molecule has 37 heavy (non-hydrogen) atoms. The molecule has 1 N–H and O–H groups in total. The largest absolute Gasteiger partial charge is 0.483 e. The summed E-state index contributed by atoms with van der Waals surface area (Å²) in [7, 11) is 0.